The van der Waals surface area contributed by atoms with Crippen LogP contribution < -0.4 is 0 Å². The van der Waals surface area contributed by atoms with Crippen LogP contribution in [-0.4, -0.2) is 29.4 Å². The summed E-state index contributed by atoms with van der Waals surface area (Å²) in [5.74, 6) is -0.216. The van der Waals surface area contributed by atoms with Gasteiger partial charge >= 0.3 is 6.18 Å². The maximum Gasteiger partial charge on any atom is 0.416 e. The van der Waals surface area contributed by atoms with Gasteiger partial charge in [0.25, 0.3) is 5.91 Å². The van der Waals surface area contributed by atoms with Crippen molar-refractivity contribution in [1.82, 2.24) is 4.90 Å². The number of rotatable bonds is 5. The lowest BCUT2D eigenvalue weighted by atomic mass is 9.97. The third-order valence-electron chi connectivity index (χ3n) is 5.52. The fourth-order valence-electron chi connectivity index (χ4n) is 3.81. The van der Waals surface area contributed by atoms with Gasteiger partial charge in [-0.05, 0) is 34.9 Å². The molecule has 0 atom stereocenters. The van der Waals surface area contributed by atoms with Crippen molar-refractivity contribution in [3.63, 3.8) is 0 Å². The van der Waals surface area contributed by atoms with E-state index in [4.69, 9.17) is 0 Å². The van der Waals surface area contributed by atoms with E-state index in [-0.39, 0.29) is 5.91 Å². The third-order valence-corrected chi connectivity index (χ3v) is 5.52. The van der Waals surface area contributed by atoms with Gasteiger partial charge in [0.2, 0.25) is 0 Å². The van der Waals surface area contributed by atoms with Crippen molar-refractivity contribution in [2.75, 3.05) is 14.1 Å². The Bertz CT molecular complexity index is 1210. The Kier molecular flexibility index (Phi) is 5.95. The van der Waals surface area contributed by atoms with E-state index in [1.165, 1.54) is 12.1 Å². The minimum atomic E-state index is -4.41. The monoisotopic (exact) mass is 449 g/mol. The zero-order chi connectivity index (χ0) is 23.6. The highest BCUT2D eigenvalue weighted by Crippen LogP contribution is 2.33. The summed E-state index contributed by atoms with van der Waals surface area (Å²) in [6, 6.07) is 21.6. The number of carbonyl (C=O) groups excluding carboxylic acids is 1. The van der Waals surface area contributed by atoms with Crippen LogP contribution >= 0.6 is 0 Å². The number of alkyl halides is 3. The van der Waals surface area contributed by atoms with E-state index < -0.39 is 11.7 Å². The van der Waals surface area contributed by atoms with Crippen LogP contribution in [0, 0.1) is 0 Å². The highest BCUT2D eigenvalue weighted by atomic mass is 19.4. The molecule has 3 nitrogen and oxygen atoms in total. The van der Waals surface area contributed by atoms with Gasteiger partial charge in [-0.15, -0.1) is 0 Å². The molecule has 168 valence electrons. The Morgan fingerprint density at radius 3 is 2.12 bits per heavy atom. The van der Waals surface area contributed by atoms with E-state index in [0.717, 1.165) is 23.4 Å². The number of hydrogen-bond donors (Lipinski definition) is 0. The van der Waals surface area contributed by atoms with Crippen LogP contribution in [0.2, 0.25) is 0 Å². The van der Waals surface area contributed by atoms with Gasteiger partial charge < -0.3 is 0 Å². The first-order valence-electron chi connectivity index (χ1n) is 10.5. The number of quaternary nitrogens is 1. The largest absolute Gasteiger partial charge is 0.416 e. The van der Waals surface area contributed by atoms with Crippen LogP contribution in [-0.2, 0) is 12.7 Å². The third kappa shape index (κ3) is 5.07. The minimum absolute atomic E-state index is 0.216. The molecule has 1 aliphatic rings. The molecule has 3 aromatic rings. The number of allylic oxidation sites excluding steroid dienone is 1. The Labute approximate surface area is 191 Å². The molecule has 0 fully saturated rings. The van der Waals surface area contributed by atoms with E-state index >= 15 is 0 Å². The predicted octanol–water partition coefficient (Wildman–Crippen LogP) is 6.46. The molecule has 33 heavy (non-hydrogen) atoms. The van der Waals surface area contributed by atoms with Gasteiger partial charge in [-0.2, -0.15) is 13.2 Å². The van der Waals surface area contributed by atoms with E-state index in [0.29, 0.717) is 27.7 Å². The molecule has 0 saturated carbocycles. The Hall–Kier alpha value is -3.64. The van der Waals surface area contributed by atoms with Crippen LogP contribution in [0.4, 0.5) is 13.2 Å². The van der Waals surface area contributed by atoms with Gasteiger partial charge in [0.1, 0.15) is 18.1 Å². The van der Waals surface area contributed by atoms with Crippen LogP contribution in [0.5, 0.6) is 0 Å². The number of nitrogens with zero attached hydrogens (tertiary/aromatic N) is 2. The number of amides is 1. The average Bonchev–Trinajstić information content (AvgIpc) is 3.16. The molecule has 6 heteroatoms. The van der Waals surface area contributed by atoms with Crippen LogP contribution in [0.1, 0.15) is 21.5 Å². The van der Waals surface area contributed by atoms with Gasteiger partial charge in [-0.25, -0.2) is 0 Å². The predicted molar refractivity (Wildman–Crippen MR) is 123 cm³/mol. The highest BCUT2D eigenvalue weighted by molar-refractivity contribution is 6.02. The lowest BCUT2D eigenvalue weighted by Crippen LogP contribution is -2.31. The first-order chi connectivity index (χ1) is 15.6. The minimum Gasteiger partial charge on any atom is -0.299 e. The maximum atomic E-state index is 13.8. The van der Waals surface area contributed by atoms with Crippen molar-refractivity contribution in [3.8, 4) is 11.1 Å². The van der Waals surface area contributed by atoms with Crippen LogP contribution in [0.25, 0.3) is 11.1 Å². The summed E-state index contributed by atoms with van der Waals surface area (Å²) in [4.78, 5) is 15.5. The topological polar surface area (TPSA) is 20.3 Å². The molecular formula is C27H24F3N2O+. The zero-order valence-electron chi connectivity index (χ0n) is 18.4. The van der Waals surface area contributed by atoms with Crippen molar-refractivity contribution in [2.24, 2.45) is 0 Å². The standard InChI is InChI=1S/C27H24F3N2O/c1-32(2)17-16-23(19-32)31(18-20-8-4-3-5-9-20)26(33)25-11-7-6-10-24(25)21-12-14-22(15-13-21)27(28,29)30/h3-17,19H,18H2,1-2H3/q+1. The molecule has 1 aliphatic heterocycles. The lowest BCUT2D eigenvalue weighted by Gasteiger charge is -2.24. The number of halogens is 3. The summed E-state index contributed by atoms with van der Waals surface area (Å²) in [5.41, 5.74) is 2.60. The smallest absolute Gasteiger partial charge is 0.299 e. The van der Waals surface area contributed by atoms with Gasteiger partial charge in [0, 0.05) is 11.6 Å². The summed E-state index contributed by atoms with van der Waals surface area (Å²) >= 11 is 0. The van der Waals surface area contributed by atoms with Crippen LogP contribution in [0.15, 0.2) is 103 Å². The SMILES string of the molecule is C[N+]1(C)C=CC(N(Cc2ccccc2)C(=O)c2ccccc2-c2ccc(C(F)(F)F)cc2)=C1. The molecule has 0 bridgehead atoms. The van der Waals surface area contributed by atoms with Crippen LogP contribution in [0.3, 0.4) is 0 Å². The number of benzene rings is 3. The number of hydrogen-bond acceptors (Lipinski definition) is 1. The molecule has 0 unspecified atom stereocenters. The molecule has 4 rings (SSSR count). The Morgan fingerprint density at radius 2 is 1.52 bits per heavy atom. The van der Waals surface area contributed by atoms with E-state index in [2.05, 4.69) is 0 Å². The van der Waals surface area contributed by atoms with Crippen molar-refractivity contribution >= 4 is 5.91 Å². The lowest BCUT2D eigenvalue weighted by molar-refractivity contribution is -0.781. The summed E-state index contributed by atoms with van der Waals surface area (Å²) < 4.78 is 39.5. The van der Waals surface area contributed by atoms with Crippen molar-refractivity contribution in [3.05, 3.63) is 120 Å². The molecule has 0 spiro atoms. The van der Waals surface area contributed by atoms with E-state index in [1.54, 1.807) is 29.2 Å². The fourth-order valence-corrected chi connectivity index (χ4v) is 3.81. The molecule has 1 heterocycles. The van der Waals surface area contributed by atoms with Gasteiger partial charge in [-0.3, -0.25) is 14.2 Å². The fraction of sp³-hybridized carbons (Fsp3) is 0.148. The summed E-state index contributed by atoms with van der Waals surface area (Å²) in [5, 5.41) is 0. The molecule has 1 amide bonds. The van der Waals surface area contributed by atoms with Crippen molar-refractivity contribution in [2.45, 2.75) is 12.7 Å². The zero-order valence-corrected chi connectivity index (χ0v) is 18.4. The molecule has 0 N–H and O–H groups in total. The first-order valence-corrected chi connectivity index (χ1v) is 10.5. The number of carbonyl (C=O) groups is 1. The first kappa shape index (κ1) is 22.6. The second kappa shape index (κ2) is 8.71. The van der Waals surface area contributed by atoms with Gasteiger partial charge in [-0.1, -0.05) is 60.7 Å². The maximum absolute atomic E-state index is 13.8. The molecular weight excluding hydrogens is 425 g/mol. The van der Waals surface area contributed by atoms with Crippen molar-refractivity contribution in [1.29, 1.82) is 0 Å². The Balaban J connectivity index is 1.74. The van der Waals surface area contributed by atoms with E-state index in [9.17, 15) is 18.0 Å². The summed E-state index contributed by atoms with van der Waals surface area (Å²) in [7, 11) is 4.01. The second-order valence-electron chi connectivity index (χ2n) is 8.50. The van der Waals surface area contributed by atoms with E-state index in [1.807, 2.05) is 62.9 Å². The summed E-state index contributed by atoms with van der Waals surface area (Å²) in [6.45, 7) is 0.372. The quantitative estimate of drug-likeness (QED) is 0.410. The van der Waals surface area contributed by atoms with Gasteiger partial charge in [0.05, 0.1) is 26.2 Å². The average molecular weight is 449 g/mol. The normalized spacial score (nSPS) is 14.8. The molecule has 0 aliphatic carbocycles. The van der Waals surface area contributed by atoms with Crippen molar-refractivity contribution < 1.29 is 22.4 Å². The summed E-state index contributed by atoms with van der Waals surface area (Å²) in [6.07, 6.45) is 1.48. The van der Waals surface area contributed by atoms with Gasteiger partial charge in [0.15, 0.2) is 0 Å². The Morgan fingerprint density at radius 1 is 0.879 bits per heavy atom. The molecule has 0 saturated heterocycles. The molecule has 0 radical (unpaired) electrons. The highest BCUT2D eigenvalue weighted by Gasteiger charge is 2.31. The second-order valence-corrected chi connectivity index (χ2v) is 8.50. The molecule has 0 aromatic heterocycles. The molecule has 3 aromatic carbocycles.